The molecule has 0 aliphatic carbocycles. The summed E-state index contributed by atoms with van der Waals surface area (Å²) in [5.41, 5.74) is 1.28. The molecule has 0 atom stereocenters. The molecule has 3 aromatic rings. The van der Waals surface area contributed by atoms with Gasteiger partial charge in [0.2, 0.25) is 10.0 Å². The third-order valence-electron chi connectivity index (χ3n) is 5.07. The van der Waals surface area contributed by atoms with Crippen molar-refractivity contribution < 1.29 is 22.7 Å². The number of anilines is 1. The number of ether oxygens (including phenoxy) is 2. The number of benzene rings is 2. The van der Waals surface area contributed by atoms with E-state index < -0.39 is 16.0 Å². The van der Waals surface area contributed by atoms with Crippen molar-refractivity contribution in [2.75, 3.05) is 31.2 Å². The molecule has 2 N–H and O–H groups in total. The van der Waals surface area contributed by atoms with E-state index >= 15 is 0 Å². The van der Waals surface area contributed by atoms with Gasteiger partial charge in [-0.2, -0.15) is 0 Å². The van der Waals surface area contributed by atoms with Gasteiger partial charge in [-0.05, 0) is 49.2 Å². The van der Waals surface area contributed by atoms with E-state index in [1.54, 1.807) is 0 Å². The Bertz CT molecular complexity index is 1190. The second-order valence-corrected chi connectivity index (χ2v) is 8.81. The number of pyridine rings is 1. The van der Waals surface area contributed by atoms with Gasteiger partial charge in [0.05, 0.1) is 10.4 Å². The molecule has 1 fully saturated rings. The van der Waals surface area contributed by atoms with E-state index in [1.807, 2.05) is 30.3 Å². The summed E-state index contributed by atoms with van der Waals surface area (Å²) in [7, 11) is -3.75. The number of rotatable bonds is 7. The summed E-state index contributed by atoms with van der Waals surface area (Å²) in [4.78, 5) is 19.6. The number of aromatic nitrogens is 1. The maximum Gasteiger partial charge on any atom is 0.342 e. The first-order valence-electron chi connectivity index (χ1n) is 9.99. The SMILES string of the molecule is NS(=O)(=O)c1ccc(OCCOC(=O)c2cc3ccccc3nc2N2CCCC2)cc1. The van der Waals surface area contributed by atoms with Gasteiger partial charge < -0.3 is 14.4 Å². The molecule has 0 spiro atoms. The van der Waals surface area contributed by atoms with Crippen LogP contribution >= 0.6 is 0 Å². The number of sulfonamides is 1. The first-order valence-corrected chi connectivity index (χ1v) is 11.5. The van der Waals surface area contributed by atoms with E-state index in [0.717, 1.165) is 36.8 Å². The normalized spacial score (nSPS) is 14.0. The van der Waals surface area contributed by atoms with Crippen LogP contribution in [-0.2, 0) is 14.8 Å². The van der Waals surface area contributed by atoms with Crippen molar-refractivity contribution >= 4 is 32.7 Å². The van der Waals surface area contributed by atoms with Gasteiger partial charge >= 0.3 is 5.97 Å². The molecule has 0 radical (unpaired) electrons. The van der Waals surface area contributed by atoms with Gasteiger partial charge in [-0.3, -0.25) is 0 Å². The molecule has 162 valence electrons. The lowest BCUT2D eigenvalue weighted by molar-refractivity contribution is 0.0451. The average molecular weight is 442 g/mol. The van der Waals surface area contributed by atoms with E-state index in [4.69, 9.17) is 19.6 Å². The van der Waals surface area contributed by atoms with Crippen LogP contribution in [0.25, 0.3) is 10.9 Å². The highest BCUT2D eigenvalue weighted by atomic mass is 32.2. The third kappa shape index (κ3) is 4.95. The third-order valence-corrected chi connectivity index (χ3v) is 6.00. The minimum atomic E-state index is -3.75. The van der Waals surface area contributed by atoms with Crippen LogP contribution in [0, 0.1) is 0 Å². The van der Waals surface area contributed by atoms with E-state index in [9.17, 15) is 13.2 Å². The molecule has 0 unspecified atom stereocenters. The Kier molecular flexibility index (Phi) is 6.06. The van der Waals surface area contributed by atoms with Gasteiger partial charge in [-0.1, -0.05) is 18.2 Å². The largest absolute Gasteiger partial charge is 0.490 e. The highest BCUT2D eigenvalue weighted by molar-refractivity contribution is 7.89. The molecule has 8 nitrogen and oxygen atoms in total. The molecule has 2 aromatic carbocycles. The van der Waals surface area contributed by atoms with Crippen molar-refractivity contribution in [2.24, 2.45) is 5.14 Å². The zero-order valence-electron chi connectivity index (χ0n) is 16.9. The van der Waals surface area contributed by atoms with Crippen LogP contribution in [0.4, 0.5) is 5.82 Å². The molecule has 1 saturated heterocycles. The number of esters is 1. The summed E-state index contributed by atoms with van der Waals surface area (Å²) >= 11 is 0. The second-order valence-electron chi connectivity index (χ2n) is 7.25. The molecule has 4 rings (SSSR count). The molecule has 1 aromatic heterocycles. The van der Waals surface area contributed by atoms with Gasteiger partial charge in [-0.25, -0.2) is 23.3 Å². The van der Waals surface area contributed by atoms with Gasteiger partial charge in [0.15, 0.2) is 0 Å². The minimum Gasteiger partial charge on any atom is -0.490 e. The van der Waals surface area contributed by atoms with Crippen LogP contribution in [-0.4, -0.2) is 45.7 Å². The van der Waals surface area contributed by atoms with E-state index in [0.29, 0.717) is 17.1 Å². The molecular formula is C22H23N3O5S. The Balaban J connectivity index is 1.41. The van der Waals surface area contributed by atoms with Gasteiger partial charge in [0, 0.05) is 18.5 Å². The Hall–Kier alpha value is -3.17. The maximum atomic E-state index is 12.8. The minimum absolute atomic E-state index is 0.00419. The standard InChI is InChI=1S/C22H23N3O5S/c23-31(27,28)18-9-7-17(8-10-18)29-13-14-30-22(26)19-15-16-5-1-2-6-20(16)24-21(19)25-11-3-4-12-25/h1-2,5-10,15H,3-4,11-14H2,(H2,23,27,28). The highest BCUT2D eigenvalue weighted by Crippen LogP contribution is 2.27. The lowest BCUT2D eigenvalue weighted by atomic mass is 10.1. The predicted molar refractivity (Wildman–Crippen MR) is 117 cm³/mol. The topological polar surface area (TPSA) is 112 Å². The molecular weight excluding hydrogens is 418 g/mol. The van der Waals surface area contributed by atoms with Crippen molar-refractivity contribution in [1.29, 1.82) is 0 Å². The second kappa shape index (κ2) is 8.91. The number of nitrogens with zero attached hydrogens (tertiary/aromatic N) is 2. The zero-order valence-corrected chi connectivity index (χ0v) is 17.7. The number of carbonyl (C=O) groups is 1. The van der Waals surface area contributed by atoms with Crippen molar-refractivity contribution in [3.8, 4) is 5.75 Å². The molecule has 0 saturated carbocycles. The van der Waals surface area contributed by atoms with E-state index in [2.05, 4.69) is 4.90 Å². The quantitative estimate of drug-likeness (QED) is 0.443. The number of hydrogen-bond acceptors (Lipinski definition) is 7. The summed E-state index contributed by atoms with van der Waals surface area (Å²) in [5.74, 6) is 0.655. The van der Waals surface area contributed by atoms with Crippen molar-refractivity contribution in [1.82, 2.24) is 4.98 Å². The van der Waals surface area contributed by atoms with Crippen molar-refractivity contribution in [2.45, 2.75) is 17.7 Å². The van der Waals surface area contributed by atoms with Gasteiger partial charge in [-0.15, -0.1) is 0 Å². The summed E-state index contributed by atoms with van der Waals surface area (Å²) in [6.45, 7) is 1.90. The van der Waals surface area contributed by atoms with E-state index in [1.165, 1.54) is 24.3 Å². The van der Waals surface area contributed by atoms with Gasteiger partial charge in [0.1, 0.15) is 30.3 Å². The average Bonchev–Trinajstić information content (AvgIpc) is 3.30. The van der Waals surface area contributed by atoms with Crippen LogP contribution in [0.3, 0.4) is 0 Å². The van der Waals surface area contributed by atoms with Crippen LogP contribution in [0.1, 0.15) is 23.2 Å². The van der Waals surface area contributed by atoms with Crippen LogP contribution in [0.15, 0.2) is 59.5 Å². The molecule has 9 heteroatoms. The number of carbonyl (C=O) groups excluding carboxylic acids is 1. The maximum absolute atomic E-state index is 12.8. The molecule has 1 aliphatic heterocycles. The molecule has 1 aliphatic rings. The highest BCUT2D eigenvalue weighted by Gasteiger charge is 2.23. The molecule has 0 amide bonds. The van der Waals surface area contributed by atoms with Crippen LogP contribution < -0.4 is 14.8 Å². The van der Waals surface area contributed by atoms with Crippen LogP contribution in [0.2, 0.25) is 0 Å². The van der Waals surface area contributed by atoms with E-state index in [-0.39, 0.29) is 18.1 Å². The summed E-state index contributed by atoms with van der Waals surface area (Å²) in [6.07, 6.45) is 2.14. The number of hydrogen-bond donors (Lipinski definition) is 1. The summed E-state index contributed by atoms with van der Waals surface area (Å²) < 4.78 is 33.5. The lowest BCUT2D eigenvalue weighted by Gasteiger charge is -2.20. The molecule has 31 heavy (non-hydrogen) atoms. The fourth-order valence-corrected chi connectivity index (χ4v) is 4.04. The number of primary sulfonamides is 1. The first kappa shape index (κ1) is 21.1. The summed E-state index contributed by atoms with van der Waals surface area (Å²) in [5, 5.41) is 5.95. The predicted octanol–water partition coefficient (Wildman–Crippen LogP) is 2.72. The monoisotopic (exact) mass is 441 g/mol. The van der Waals surface area contributed by atoms with Gasteiger partial charge in [0.25, 0.3) is 0 Å². The Morgan fingerprint density at radius 3 is 2.45 bits per heavy atom. The van der Waals surface area contributed by atoms with Crippen molar-refractivity contribution in [3.63, 3.8) is 0 Å². The number of nitrogens with two attached hydrogens (primary N) is 1. The summed E-state index contributed by atoms with van der Waals surface area (Å²) in [6, 6.07) is 15.2. The number of fused-ring (bicyclic) bond motifs is 1. The Morgan fingerprint density at radius 1 is 1.03 bits per heavy atom. The van der Waals surface area contributed by atoms with Crippen molar-refractivity contribution in [3.05, 3.63) is 60.2 Å². The Morgan fingerprint density at radius 2 is 1.74 bits per heavy atom. The fourth-order valence-electron chi connectivity index (χ4n) is 3.52. The molecule has 0 bridgehead atoms. The lowest BCUT2D eigenvalue weighted by Crippen LogP contribution is -2.23. The number of para-hydroxylation sites is 1. The molecule has 2 heterocycles. The van der Waals surface area contributed by atoms with Crippen LogP contribution in [0.5, 0.6) is 5.75 Å². The first-order chi connectivity index (χ1) is 14.9. The fraction of sp³-hybridized carbons (Fsp3) is 0.273. The Labute approximate surface area is 180 Å². The smallest absolute Gasteiger partial charge is 0.342 e. The zero-order chi connectivity index (χ0) is 21.8.